The minimum Gasteiger partial charge on any atom is -0.103 e. The smallest absolute Gasteiger partial charge is 0.00913 e. The van der Waals surface area contributed by atoms with Crippen LogP contribution in [0.25, 0.3) is 0 Å². The third-order valence-electron chi connectivity index (χ3n) is 4.98. The molecule has 0 nitrogen and oxygen atoms in total. The molecule has 1 aliphatic rings. The van der Waals surface area contributed by atoms with Crippen molar-refractivity contribution in [1.29, 1.82) is 0 Å². The molecule has 0 fully saturated rings. The molecule has 0 heteroatoms. The van der Waals surface area contributed by atoms with Crippen molar-refractivity contribution in [3.05, 3.63) is 71.8 Å². The zero-order chi connectivity index (χ0) is 15.7. The van der Waals surface area contributed by atoms with Crippen LogP contribution in [-0.4, -0.2) is 0 Å². The molecule has 0 bridgehead atoms. The van der Waals surface area contributed by atoms with Crippen molar-refractivity contribution >= 4 is 0 Å². The van der Waals surface area contributed by atoms with Gasteiger partial charge in [0, 0.05) is 18.8 Å². The van der Waals surface area contributed by atoms with E-state index >= 15 is 0 Å². The summed E-state index contributed by atoms with van der Waals surface area (Å²) in [6.45, 7) is 0. The fourth-order valence-corrected chi connectivity index (χ4v) is 3.66. The third kappa shape index (κ3) is 4.73. The maximum absolute atomic E-state index is 3.32. The number of hydrogen-bond donors (Lipinski definition) is 0. The molecule has 0 N–H and O–H groups in total. The van der Waals surface area contributed by atoms with Gasteiger partial charge < -0.3 is 0 Å². The molecule has 0 spiro atoms. The van der Waals surface area contributed by atoms with Gasteiger partial charge in [-0.2, -0.15) is 0 Å². The van der Waals surface area contributed by atoms with E-state index < -0.39 is 0 Å². The second-order valence-electron chi connectivity index (χ2n) is 6.60. The summed E-state index contributed by atoms with van der Waals surface area (Å²) < 4.78 is 0. The van der Waals surface area contributed by atoms with Gasteiger partial charge in [-0.05, 0) is 49.1 Å². The molecule has 0 saturated heterocycles. The first kappa shape index (κ1) is 15.9. The van der Waals surface area contributed by atoms with Crippen molar-refractivity contribution in [3.63, 3.8) is 0 Å². The number of benzene rings is 2. The summed E-state index contributed by atoms with van der Waals surface area (Å²) in [6, 6.07) is 22.0. The van der Waals surface area contributed by atoms with Crippen LogP contribution in [0.5, 0.6) is 0 Å². The highest BCUT2D eigenvalue weighted by molar-refractivity contribution is 5.32. The van der Waals surface area contributed by atoms with Crippen LogP contribution in [0, 0.1) is 17.8 Å². The first-order chi connectivity index (χ1) is 11.4. The molecule has 1 unspecified atom stereocenters. The summed E-state index contributed by atoms with van der Waals surface area (Å²) in [5.74, 6) is 7.96. The normalized spacial score (nSPS) is 17.9. The van der Waals surface area contributed by atoms with Crippen molar-refractivity contribution < 1.29 is 0 Å². The lowest BCUT2D eigenvalue weighted by atomic mass is 9.82. The number of hydrogen-bond acceptors (Lipinski definition) is 0. The highest BCUT2D eigenvalue weighted by atomic mass is 14.2. The van der Waals surface area contributed by atoms with Crippen LogP contribution < -0.4 is 0 Å². The zero-order valence-corrected chi connectivity index (χ0v) is 13.9. The molecular formula is C23H26. The largest absolute Gasteiger partial charge is 0.103 e. The Bertz CT molecular complexity index is 590. The first-order valence-electron chi connectivity index (χ1n) is 8.99. The molecule has 1 atom stereocenters. The maximum Gasteiger partial charge on any atom is 0.00913 e. The monoisotopic (exact) mass is 302 g/mol. The molecule has 0 amide bonds. The third-order valence-corrected chi connectivity index (χ3v) is 4.98. The molecule has 1 aliphatic carbocycles. The maximum atomic E-state index is 3.32. The van der Waals surface area contributed by atoms with Crippen molar-refractivity contribution in [2.24, 2.45) is 5.92 Å². The number of rotatable bonds is 5. The van der Waals surface area contributed by atoms with Gasteiger partial charge in [0.15, 0.2) is 0 Å². The Balaban J connectivity index is 1.71. The van der Waals surface area contributed by atoms with E-state index in [-0.39, 0.29) is 0 Å². The predicted molar refractivity (Wildman–Crippen MR) is 98.3 cm³/mol. The lowest BCUT2D eigenvalue weighted by molar-refractivity contribution is 0.393. The Morgan fingerprint density at radius 2 is 1.39 bits per heavy atom. The van der Waals surface area contributed by atoms with Crippen LogP contribution in [-0.2, 0) is 0 Å². The fourth-order valence-electron chi connectivity index (χ4n) is 3.66. The zero-order valence-electron chi connectivity index (χ0n) is 13.9. The molecule has 0 aliphatic heterocycles. The second-order valence-corrected chi connectivity index (χ2v) is 6.60. The summed E-state index contributed by atoms with van der Waals surface area (Å²) in [7, 11) is 0. The van der Waals surface area contributed by atoms with E-state index in [0.717, 1.165) is 18.8 Å². The van der Waals surface area contributed by atoms with E-state index in [1.807, 2.05) is 0 Å². The minimum atomic E-state index is 0.522. The van der Waals surface area contributed by atoms with Gasteiger partial charge in [-0.15, -0.1) is 11.8 Å². The topological polar surface area (TPSA) is 0 Å². The van der Waals surface area contributed by atoms with E-state index in [0.29, 0.717) is 5.92 Å². The van der Waals surface area contributed by atoms with Crippen LogP contribution >= 0.6 is 0 Å². The van der Waals surface area contributed by atoms with E-state index in [1.54, 1.807) is 0 Å². The molecule has 118 valence electrons. The van der Waals surface area contributed by atoms with Crippen molar-refractivity contribution in [3.8, 4) is 11.8 Å². The SMILES string of the molecule is C1#CCCC(CCC(c2ccccc2)c2ccccc2)CCC1. The molecule has 2 aromatic carbocycles. The Hall–Kier alpha value is -2.00. The fraction of sp³-hybridized carbons (Fsp3) is 0.391. The molecular weight excluding hydrogens is 276 g/mol. The Morgan fingerprint density at radius 1 is 0.783 bits per heavy atom. The highest BCUT2D eigenvalue weighted by Gasteiger charge is 2.17. The molecule has 0 heterocycles. The predicted octanol–water partition coefficient (Wildman–Crippen LogP) is 6.18. The summed E-state index contributed by atoms with van der Waals surface area (Å²) in [4.78, 5) is 0. The molecule has 2 aromatic rings. The van der Waals surface area contributed by atoms with Crippen molar-refractivity contribution in [2.45, 2.75) is 50.9 Å². The molecule has 0 saturated carbocycles. The van der Waals surface area contributed by atoms with Crippen LogP contribution in [0.2, 0.25) is 0 Å². The first-order valence-corrected chi connectivity index (χ1v) is 8.99. The quantitative estimate of drug-likeness (QED) is 0.578. The summed E-state index contributed by atoms with van der Waals surface area (Å²) >= 11 is 0. The summed E-state index contributed by atoms with van der Waals surface area (Å²) in [5.41, 5.74) is 2.90. The van der Waals surface area contributed by atoms with Crippen LogP contribution in [0.15, 0.2) is 60.7 Å². The van der Waals surface area contributed by atoms with Gasteiger partial charge in [0.1, 0.15) is 0 Å². The average Bonchev–Trinajstić information content (AvgIpc) is 2.58. The van der Waals surface area contributed by atoms with E-state index in [2.05, 4.69) is 72.5 Å². The van der Waals surface area contributed by atoms with Crippen LogP contribution in [0.4, 0.5) is 0 Å². The van der Waals surface area contributed by atoms with E-state index in [4.69, 9.17) is 0 Å². The van der Waals surface area contributed by atoms with Gasteiger partial charge in [0.25, 0.3) is 0 Å². The summed E-state index contributed by atoms with van der Waals surface area (Å²) in [6.07, 6.45) is 8.65. The minimum absolute atomic E-state index is 0.522. The Morgan fingerprint density at radius 3 is 2.04 bits per heavy atom. The molecule has 23 heavy (non-hydrogen) atoms. The van der Waals surface area contributed by atoms with Crippen molar-refractivity contribution in [2.75, 3.05) is 0 Å². The molecule has 0 aromatic heterocycles. The van der Waals surface area contributed by atoms with Gasteiger partial charge >= 0.3 is 0 Å². The summed E-state index contributed by atoms with van der Waals surface area (Å²) in [5, 5.41) is 0. The lowest BCUT2D eigenvalue weighted by Gasteiger charge is -2.22. The molecule has 3 rings (SSSR count). The van der Waals surface area contributed by atoms with E-state index in [9.17, 15) is 0 Å². The average molecular weight is 302 g/mol. The van der Waals surface area contributed by atoms with Gasteiger partial charge in [-0.25, -0.2) is 0 Å². The van der Waals surface area contributed by atoms with Crippen LogP contribution in [0.3, 0.4) is 0 Å². The van der Waals surface area contributed by atoms with Crippen LogP contribution in [0.1, 0.15) is 62.0 Å². The van der Waals surface area contributed by atoms with Gasteiger partial charge in [-0.1, -0.05) is 60.7 Å². The van der Waals surface area contributed by atoms with Gasteiger partial charge in [0.2, 0.25) is 0 Å². The Labute approximate surface area is 140 Å². The lowest BCUT2D eigenvalue weighted by Crippen LogP contribution is -2.07. The molecule has 0 radical (unpaired) electrons. The highest BCUT2D eigenvalue weighted by Crippen LogP contribution is 2.32. The standard InChI is InChI=1S/C23H26/c1-2-6-12-20(13-7-3-1)18-19-23(21-14-8-4-9-15-21)22-16-10-5-11-17-22/h4-5,8-11,14-17,20,23H,2,6-7,12-13,18-19H2. The Kier molecular flexibility index (Phi) is 5.93. The van der Waals surface area contributed by atoms with Gasteiger partial charge in [-0.3, -0.25) is 0 Å². The van der Waals surface area contributed by atoms with Gasteiger partial charge in [0.05, 0.1) is 0 Å². The van der Waals surface area contributed by atoms with E-state index in [1.165, 1.54) is 43.2 Å². The second kappa shape index (κ2) is 8.59. The van der Waals surface area contributed by atoms with Crippen molar-refractivity contribution in [1.82, 2.24) is 0 Å².